The first kappa shape index (κ1) is 18.3. The van der Waals surface area contributed by atoms with Crippen LogP contribution < -0.4 is 5.56 Å². The highest BCUT2D eigenvalue weighted by Crippen LogP contribution is 2.10. The summed E-state index contributed by atoms with van der Waals surface area (Å²) < 4.78 is 1.67. The minimum atomic E-state index is -0.0443. The topological polar surface area (TPSA) is 58.4 Å². The Morgan fingerprint density at radius 3 is 2.65 bits per heavy atom. The first-order valence-electron chi connectivity index (χ1n) is 9.19. The second kappa shape index (κ2) is 8.76. The van der Waals surface area contributed by atoms with Gasteiger partial charge in [-0.3, -0.25) is 19.5 Å². The van der Waals surface area contributed by atoms with Crippen LogP contribution in [0.2, 0.25) is 0 Å². The number of aromatic nitrogens is 2. The zero-order valence-electron chi connectivity index (χ0n) is 15.3. The molecule has 0 aromatic carbocycles. The smallest absolute Gasteiger partial charge is 0.250 e. The fourth-order valence-corrected chi connectivity index (χ4v) is 3.40. The quantitative estimate of drug-likeness (QED) is 0.820. The predicted octanol–water partition coefficient (Wildman–Crippen LogP) is 1.68. The summed E-state index contributed by atoms with van der Waals surface area (Å²) in [5.74, 6) is 0.130. The van der Waals surface area contributed by atoms with Gasteiger partial charge in [0.05, 0.1) is 0 Å². The van der Waals surface area contributed by atoms with Crippen molar-refractivity contribution in [1.29, 1.82) is 0 Å². The van der Waals surface area contributed by atoms with E-state index in [1.165, 1.54) is 5.56 Å². The van der Waals surface area contributed by atoms with Gasteiger partial charge in [0.2, 0.25) is 5.91 Å². The molecule has 1 aliphatic heterocycles. The molecule has 0 atom stereocenters. The number of nitrogens with zero attached hydrogens (tertiary/aromatic N) is 4. The summed E-state index contributed by atoms with van der Waals surface area (Å²) in [6, 6.07) is 9.26. The summed E-state index contributed by atoms with van der Waals surface area (Å²) in [4.78, 5) is 32.9. The molecular weight excluding hydrogens is 328 g/mol. The highest BCUT2D eigenvalue weighted by Gasteiger charge is 2.19. The van der Waals surface area contributed by atoms with Gasteiger partial charge >= 0.3 is 0 Å². The summed E-state index contributed by atoms with van der Waals surface area (Å²) in [5, 5.41) is 0. The molecule has 0 radical (unpaired) electrons. The molecule has 0 aliphatic carbocycles. The van der Waals surface area contributed by atoms with Crippen LogP contribution in [-0.4, -0.2) is 51.4 Å². The summed E-state index contributed by atoms with van der Waals surface area (Å²) in [6.45, 7) is 6.63. The van der Waals surface area contributed by atoms with Crippen molar-refractivity contribution in [2.45, 2.75) is 32.9 Å². The molecule has 0 bridgehead atoms. The number of amides is 1. The Bertz CT molecular complexity index is 788. The molecule has 26 heavy (non-hydrogen) atoms. The van der Waals surface area contributed by atoms with Crippen LogP contribution >= 0.6 is 0 Å². The Morgan fingerprint density at radius 2 is 1.88 bits per heavy atom. The van der Waals surface area contributed by atoms with Gasteiger partial charge in [-0.15, -0.1) is 0 Å². The molecule has 0 N–H and O–H groups in total. The third-order valence-electron chi connectivity index (χ3n) is 4.91. The van der Waals surface area contributed by atoms with Crippen LogP contribution in [0.5, 0.6) is 0 Å². The van der Waals surface area contributed by atoms with Crippen molar-refractivity contribution in [2.75, 3.05) is 26.2 Å². The lowest BCUT2D eigenvalue weighted by Gasteiger charge is -2.22. The van der Waals surface area contributed by atoms with E-state index in [1.54, 1.807) is 16.7 Å². The van der Waals surface area contributed by atoms with Gasteiger partial charge < -0.3 is 9.47 Å². The largest absolute Gasteiger partial charge is 0.341 e. The minimum Gasteiger partial charge on any atom is -0.341 e. The highest BCUT2D eigenvalue weighted by atomic mass is 16.2. The zero-order chi connectivity index (χ0) is 18.4. The van der Waals surface area contributed by atoms with Crippen molar-refractivity contribution in [3.8, 4) is 0 Å². The number of hydrogen-bond donors (Lipinski definition) is 0. The zero-order valence-corrected chi connectivity index (χ0v) is 15.3. The fraction of sp³-hybridized carbons (Fsp3) is 0.450. The van der Waals surface area contributed by atoms with Crippen LogP contribution in [0.4, 0.5) is 0 Å². The monoisotopic (exact) mass is 354 g/mol. The number of aryl methyl sites for hydroxylation is 1. The molecule has 6 nitrogen and oxygen atoms in total. The molecule has 1 saturated heterocycles. The van der Waals surface area contributed by atoms with Gasteiger partial charge in [0.25, 0.3) is 5.56 Å². The van der Waals surface area contributed by atoms with Gasteiger partial charge in [0, 0.05) is 69.8 Å². The van der Waals surface area contributed by atoms with Crippen molar-refractivity contribution in [3.05, 3.63) is 64.3 Å². The maximum atomic E-state index is 12.6. The van der Waals surface area contributed by atoms with E-state index < -0.39 is 0 Å². The molecule has 0 unspecified atom stereocenters. The lowest BCUT2D eigenvalue weighted by Crippen LogP contribution is -2.36. The van der Waals surface area contributed by atoms with Gasteiger partial charge in [-0.25, -0.2) is 0 Å². The molecule has 2 aromatic rings. The predicted molar refractivity (Wildman–Crippen MR) is 101 cm³/mol. The number of carbonyl (C=O) groups excluding carboxylic acids is 1. The van der Waals surface area contributed by atoms with E-state index in [9.17, 15) is 9.59 Å². The van der Waals surface area contributed by atoms with Crippen LogP contribution in [0.25, 0.3) is 0 Å². The normalized spacial score (nSPS) is 15.7. The summed E-state index contributed by atoms with van der Waals surface area (Å²) in [6.07, 6.45) is 4.98. The Labute approximate surface area is 154 Å². The minimum absolute atomic E-state index is 0.0443. The molecule has 138 valence electrons. The lowest BCUT2D eigenvalue weighted by molar-refractivity contribution is -0.131. The average Bonchev–Trinajstić information content (AvgIpc) is 2.88. The van der Waals surface area contributed by atoms with Crippen LogP contribution in [0.1, 0.15) is 24.1 Å². The van der Waals surface area contributed by atoms with E-state index in [0.717, 1.165) is 44.8 Å². The number of rotatable bonds is 5. The standard InChI is InChI=1S/C20H26N4O2/c1-17-4-2-5-20(26)24(17)13-8-19(25)23-12-3-11-22(14-15-23)16-18-6-9-21-10-7-18/h2,4-7,9-10H,3,8,11-16H2,1H3. The van der Waals surface area contributed by atoms with Gasteiger partial charge in [-0.05, 0) is 37.1 Å². The van der Waals surface area contributed by atoms with Crippen molar-refractivity contribution in [3.63, 3.8) is 0 Å². The molecule has 2 aromatic heterocycles. The maximum Gasteiger partial charge on any atom is 0.250 e. The van der Waals surface area contributed by atoms with Crippen LogP contribution in [-0.2, 0) is 17.9 Å². The lowest BCUT2D eigenvalue weighted by atomic mass is 10.2. The second-order valence-electron chi connectivity index (χ2n) is 6.77. The summed E-state index contributed by atoms with van der Waals surface area (Å²) in [7, 11) is 0. The van der Waals surface area contributed by atoms with Crippen molar-refractivity contribution in [2.24, 2.45) is 0 Å². The number of pyridine rings is 2. The van der Waals surface area contributed by atoms with E-state index in [2.05, 4.69) is 9.88 Å². The first-order chi connectivity index (χ1) is 12.6. The fourth-order valence-electron chi connectivity index (χ4n) is 3.40. The van der Waals surface area contributed by atoms with E-state index in [1.807, 2.05) is 42.4 Å². The average molecular weight is 354 g/mol. The Balaban J connectivity index is 1.52. The highest BCUT2D eigenvalue weighted by molar-refractivity contribution is 5.76. The molecular formula is C20H26N4O2. The van der Waals surface area contributed by atoms with E-state index in [0.29, 0.717) is 13.0 Å². The molecule has 3 rings (SSSR count). The number of hydrogen-bond acceptors (Lipinski definition) is 4. The SMILES string of the molecule is Cc1cccc(=O)n1CCC(=O)N1CCCN(Cc2ccncc2)CC1. The van der Waals surface area contributed by atoms with E-state index in [4.69, 9.17) is 0 Å². The molecule has 0 saturated carbocycles. The molecule has 3 heterocycles. The third-order valence-corrected chi connectivity index (χ3v) is 4.91. The van der Waals surface area contributed by atoms with Gasteiger partial charge in [0.1, 0.15) is 0 Å². The molecule has 6 heteroatoms. The van der Waals surface area contributed by atoms with Crippen LogP contribution in [0.15, 0.2) is 47.5 Å². The van der Waals surface area contributed by atoms with Gasteiger partial charge in [0.15, 0.2) is 0 Å². The van der Waals surface area contributed by atoms with Crippen LogP contribution in [0, 0.1) is 6.92 Å². The molecule has 1 amide bonds. The Hall–Kier alpha value is -2.47. The molecule has 1 aliphatic rings. The van der Waals surface area contributed by atoms with E-state index in [-0.39, 0.29) is 11.5 Å². The molecule has 1 fully saturated rings. The summed E-state index contributed by atoms with van der Waals surface area (Å²) in [5.41, 5.74) is 2.10. The van der Waals surface area contributed by atoms with Crippen molar-refractivity contribution in [1.82, 2.24) is 19.4 Å². The maximum absolute atomic E-state index is 12.6. The van der Waals surface area contributed by atoms with Gasteiger partial charge in [-0.1, -0.05) is 6.07 Å². The van der Waals surface area contributed by atoms with E-state index >= 15 is 0 Å². The number of carbonyl (C=O) groups is 1. The van der Waals surface area contributed by atoms with Crippen molar-refractivity contribution >= 4 is 5.91 Å². The van der Waals surface area contributed by atoms with Gasteiger partial charge in [-0.2, -0.15) is 0 Å². The van der Waals surface area contributed by atoms with Crippen molar-refractivity contribution < 1.29 is 4.79 Å². The Kier molecular flexibility index (Phi) is 6.17. The molecule has 0 spiro atoms. The Morgan fingerprint density at radius 1 is 1.08 bits per heavy atom. The summed E-state index contributed by atoms with van der Waals surface area (Å²) >= 11 is 0. The second-order valence-corrected chi connectivity index (χ2v) is 6.77. The third kappa shape index (κ3) is 4.79. The first-order valence-corrected chi connectivity index (χ1v) is 9.19. The van der Waals surface area contributed by atoms with Crippen LogP contribution in [0.3, 0.4) is 0 Å².